The molecule has 0 saturated heterocycles. The van der Waals surface area contributed by atoms with Crippen molar-refractivity contribution >= 4 is 83.6 Å². The van der Waals surface area contributed by atoms with Crippen molar-refractivity contribution in [2.24, 2.45) is 0 Å². The Morgan fingerprint density at radius 2 is 1.07 bits per heavy atom. The quantitative estimate of drug-likeness (QED) is 0.0633. The summed E-state index contributed by atoms with van der Waals surface area (Å²) in [5, 5.41) is 10.1. The third-order valence-electron chi connectivity index (χ3n) is 9.52. The summed E-state index contributed by atoms with van der Waals surface area (Å²) >= 11 is 23.6. The monoisotopic (exact) mass is 1080 g/mol. The van der Waals surface area contributed by atoms with Gasteiger partial charge in [0.05, 0.1) is 53.1 Å². The van der Waals surface area contributed by atoms with Gasteiger partial charge in [0.1, 0.15) is 25.3 Å². The van der Waals surface area contributed by atoms with E-state index in [4.69, 9.17) is 55.9 Å². The second-order valence-corrected chi connectivity index (χ2v) is 19.7. The number of anilines is 2. The molecule has 6 rings (SSSR count). The van der Waals surface area contributed by atoms with Crippen LogP contribution in [0.15, 0.2) is 119 Å². The van der Waals surface area contributed by atoms with E-state index in [1.807, 2.05) is 0 Å². The number of carbonyl (C=O) groups is 1. The fourth-order valence-electron chi connectivity index (χ4n) is 6.30. The highest BCUT2D eigenvalue weighted by Gasteiger charge is 2.38. The molecule has 0 aliphatic rings. The van der Waals surface area contributed by atoms with Crippen molar-refractivity contribution in [1.29, 1.82) is 0 Å². The van der Waals surface area contributed by atoms with Gasteiger partial charge in [-0.3, -0.25) is 14.8 Å². The Bertz CT molecular complexity index is 3060. The van der Waals surface area contributed by atoms with Crippen LogP contribution in [-0.4, -0.2) is 65.4 Å². The van der Waals surface area contributed by atoms with E-state index in [1.165, 1.54) is 50.9 Å². The number of hydrogen-bond acceptors (Lipinski definition) is 10. The largest absolute Gasteiger partial charge is 0.417 e. The van der Waals surface area contributed by atoms with E-state index in [2.05, 4.69) is 9.97 Å². The Morgan fingerprint density at radius 3 is 1.54 bits per heavy atom. The maximum Gasteiger partial charge on any atom is 0.417 e. The number of ether oxygens (including phenoxy) is 2. The number of benzene rings is 4. The smallest absolute Gasteiger partial charge is 0.382 e. The van der Waals surface area contributed by atoms with Gasteiger partial charge in [-0.25, -0.2) is 25.4 Å². The SMILES string of the molecule is C.COCN(c1cc(C)cnc1C(=O)c1ccccc1Cl)S(=O)(=O)c1ccc(Cl)c(C(F)(F)F)c1.COCN(c1cc(C)cnc1C(O)c1ccccc1Cl)S(=O)(=O)c1ccc(Cl)c(C(F)(F)F)c1. The molecule has 0 saturated carbocycles. The van der Waals surface area contributed by atoms with E-state index < -0.39 is 88.7 Å². The molecular weight excluding hydrogens is 1040 g/mol. The molecule has 2 aromatic heterocycles. The van der Waals surface area contributed by atoms with Gasteiger partial charge in [0, 0.05) is 42.8 Å². The Morgan fingerprint density at radius 1 is 0.638 bits per heavy atom. The molecule has 370 valence electrons. The summed E-state index contributed by atoms with van der Waals surface area (Å²) in [6.45, 7) is 2.08. The fourth-order valence-corrected chi connectivity index (χ4v) is 10.0. The number of hydrogen-bond donors (Lipinski definition) is 1. The Kier molecular flexibility index (Phi) is 18.7. The van der Waals surface area contributed by atoms with E-state index in [0.29, 0.717) is 27.6 Å². The summed E-state index contributed by atoms with van der Waals surface area (Å²) in [5.41, 5.74) is -1.87. The van der Waals surface area contributed by atoms with Crippen LogP contribution in [0.4, 0.5) is 37.7 Å². The number of aliphatic hydroxyl groups excluding tert-OH is 1. The van der Waals surface area contributed by atoms with Crippen molar-refractivity contribution in [3.63, 3.8) is 0 Å². The molecule has 0 aliphatic carbocycles. The van der Waals surface area contributed by atoms with Crippen molar-refractivity contribution in [2.45, 2.75) is 49.5 Å². The van der Waals surface area contributed by atoms with Gasteiger partial charge in [-0.05, 0) is 91.7 Å². The van der Waals surface area contributed by atoms with E-state index in [1.54, 1.807) is 50.2 Å². The van der Waals surface area contributed by atoms with Gasteiger partial charge in [-0.2, -0.15) is 26.3 Å². The summed E-state index contributed by atoms with van der Waals surface area (Å²) in [6.07, 6.45) is -8.42. The minimum absolute atomic E-state index is 0. The number of aryl methyl sites for hydroxylation is 2. The number of rotatable bonds is 14. The molecule has 24 heteroatoms. The van der Waals surface area contributed by atoms with Gasteiger partial charge >= 0.3 is 12.4 Å². The molecule has 1 atom stereocenters. The highest BCUT2D eigenvalue weighted by Crippen LogP contribution is 2.40. The second-order valence-electron chi connectivity index (χ2n) is 14.4. The number of aromatic nitrogens is 2. The average Bonchev–Trinajstić information content (AvgIpc) is 3.26. The van der Waals surface area contributed by atoms with Gasteiger partial charge in [0.15, 0.2) is 0 Å². The first-order valence-electron chi connectivity index (χ1n) is 19.2. The zero-order valence-corrected chi connectivity index (χ0v) is 40.2. The maximum atomic E-state index is 13.5. The normalized spacial score (nSPS) is 12.3. The highest BCUT2D eigenvalue weighted by molar-refractivity contribution is 7.93. The first-order chi connectivity index (χ1) is 31.7. The first-order valence-corrected chi connectivity index (χ1v) is 23.6. The van der Waals surface area contributed by atoms with E-state index in [-0.39, 0.29) is 51.4 Å². The van der Waals surface area contributed by atoms with Crippen LogP contribution in [-0.2, 0) is 41.9 Å². The van der Waals surface area contributed by atoms with Crippen molar-refractivity contribution in [2.75, 3.05) is 36.3 Å². The summed E-state index contributed by atoms with van der Waals surface area (Å²) in [6, 6.07) is 19.8. The van der Waals surface area contributed by atoms with Crippen LogP contribution < -0.4 is 8.61 Å². The molecule has 4 aromatic carbocycles. The Hall–Kier alpha value is -5.03. The van der Waals surface area contributed by atoms with Crippen LogP contribution in [0.5, 0.6) is 0 Å². The number of ketones is 1. The summed E-state index contributed by atoms with van der Waals surface area (Å²) in [5.74, 6) is -0.677. The number of nitrogens with zero attached hydrogens (tertiary/aromatic N) is 4. The molecule has 0 fully saturated rings. The van der Waals surface area contributed by atoms with Crippen molar-refractivity contribution < 1.29 is 62.6 Å². The predicted octanol–water partition coefficient (Wildman–Crippen LogP) is 12.0. The number of sulfonamides is 2. The average molecular weight is 1080 g/mol. The van der Waals surface area contributed by atoms with Crippen LogP contribution in [0, 0.1) is 13.8 Å². The molecule has 12 nitrogen and oxygen atoms in total. The lowest BCUT2D eigenvalue weighted by Gasteiger charge is -2.27. The molecular formula is C45H40Cl4F6N4O8S2. The Labute approximate surface area is 414 Å². The van der Waals surface area contributed by atoms with Crippen molar-refractivity contribution in [3.8, 4) is 0 Å². The number of alkyl halides is 6. The molecule has 0 aliphatic heterocycles. The topological polar surface area (TPSA) is 156 Å². The van der Waals surface area contributed by atoms with E-state index >= 15 is 0 Å². The fraction of sp³-hybridized carbons (Fsp3) is 0.222. The van der Waals surface area contributed by atoms with Crippen LogP contribution in [0.3, 0.4) is 0 Å². The highest BCUT2D eigenvalue weighted by atomic mass is 35.5. The second kappa shape index (κ2) is 22.8. The lowest BCUT2D eigenvalue weighted by Crippen LogP contribution is -2.34. The molecule has 1 N–H and O–H groups in total. The zero-order valence-electron chi connectivity index (χ0n) is 35.6. The number of halogens is 10. The predicted molar refractivity (Wildman–Crippen MR) is 251 cm³/mol. The minimum Gasteiger partial charge on any atom is -0.382 e. The zero-order chi connectivity index (χ0) is 50.5. The van der Waals surface area contributed by atoms with Gasteiger partial charge in [-0.1, -0.05) is 84.2 Å². The van der Waals surface area contributed by atoms with E-state index in [0.717, 1.165) is 28.6 Å². The molecule has 1 unspecified atom stereocenters. The number of aliphatic hydroxyl groups is 1. The third kappa shape index (κ3) is 12.8. The minimum atomic E-state index is -4.88. The summed E-state index contributed by atoms with van der Waals surface area (Å²) in [4.78, 5) is 20.2. The van der Waals surface area contributed by atoms with Crippen LogP contribution in [0.1, 0.15) is 63.1 Å². The molecule has 0 amide bonds. The van der Waals surface area contributed by atoms with Crippen molar-refractivity contribution in [1.82, 2.24) is 9.97 Å². The molecule has 0 radical (unpaired) electrons. The van der Waals surface area contributed by atoms with Gasteiger partial charge in [-0.15, -0.1) is 0 Å². The maximum absolute atomic E-state index is 13.5. The molecule has 0 bridgehead atoms. The van der Waals surface area contributed by atoms with Crippen LogP contribution in [0.25, 0.3) is 0 Å². The third-order valence-corrected chi connectivity index (χ3v) is 14.3. The molecule has 6 aromatic rings. The van der Waals surface area contributed by atoms with Crippen molar-refractivity contribution in [3.05, 3.63) is 174 Å². The molecule has 69 heavy (non-hydrogen) atoms. The summed E-state index contributed by atoms with van der Waals surface area (Å²) < 4.78 is 146. The van der Waals surface area contributed by atoms with Crippen LogP contribution in [0.2, 0.25) is 20.1 Å². The molecule has 0 spiro atoms. The van der Waals surface area contributed by atoms with Crippen LogP contribution >= 0.6 is 46.4 Å². The first kappa shape index (κ1) is 56.6. The molecule has 2 heterocycles. The lowest BCUT2D eigenvalue weighted by atomic mass is 10.0. The number of carbonyl (C=O) groups excluding carboxylic acids is 1. The van der Waals surface area contributed by atoms with Gasteiger partial charge < -0.3 is 14.6 Å². The lowest BCUT2D eigenvalue weighted by molar-refractivity contribution is -0.138. The standard InChI is InChI=1S/C22H19Cl2F3N2O4S.C22H17Cl2F3N2O4S.CH4/c2*1-13-9-19(20(28-11-13)21(30)15-5-3-4-6-17(15)23)29(12-33-2)34(31,32)14-7-8-18(24)16(10-14)22(25,26)27;/h3-11,21,30H,12H2,1-2H3;3-11H,12H2,1-2H3;1H4. The van der Waals surface area contributed by atoms with Gasteiger partial charge in [0.2, 0.25) is 5.78 Å². The van der Waals surface area contributed by atoms with E-state index in [9.17, 15) is 53.1 Å². The van der Waals surface area contributed by atoms with Gasteiger partial charge in [0.25, 0.3) is 20.0 Å². The summed E-state index contributed by atoms with van der Waals surface area (Å²) in [7, 11) is -6.85. The number of methoxy groups -OCH3 is 2. The Balaban J connectivity index is 0.000000296. The number of pyridine rings is 2.